The van der Waals surface area contributed by atoms with E-state index in [4.69, 9.17) is 12.2 Å². The van der Waals surface area contributed by atoms with Crippen molar-refractivity contribution in [1.29, 1.82) is 0 Å². The highest BCUT2D eigenvalue weighted by Crippen LogP contribution is 2.27. The maximum Gasteiger partial charge on any atom is 0.282 e. The van der Waals surface area contributed by atoms with Crippen LogP contribution in [0.25, 0.3) is 0 Å². The second-order valence-corrected chi connectivity index (χ2v) is 7.62. The fourth-order valence-corrected chi connectivity index (χ4v) is 4.03. The number of nitrogens with zero attached hydrogens (tertiary/aromatic N) is 2. The highest BCUT2D eigenvalue weighted by molar-refractivity contribution is 7.80. The standard InChI is InChI=1S/C21H24N4O3S/c1-14-8-3-5-10-16(14)22-21(29)23-17-11-7-13-19(17)24(2)20(26)15-9-4-6-12-18(15)25(27)28/h3-6,8-10,12,17,19H,7,11,13H2,1-2H3,(H2,22,23,29). The summed E-state index contributed by atoms with van der Waals surface area (Å²) in [6.45, 7) is 2.00. The van der Waals surface area contributed by atoms with E-state index in [1.807, 2.05) is 31.2 Å². The number of likely N-dealkylation sites (N-methyl/N-ethyl adjacent to an activating group) is 1. The third-order valence-corrected chi connectivity index (χ3v) is 5.56. The van der Waals surface area contributed by atoms with Crippen LogP contribution in [0.2, 0.25) is 0 Å². The SMILES string of the molecule is Cc1ccccc1NC(=S)NC1CCCC1N(C)C(=O)c1ccccc1[N+](=O)[O-]. The van der Waals surface area contributed by atoms with Crippen LogP contribution in [-0.2, 0) is 0 Å². The number of anilines is 1. The molecule has 29 heavy (non-hydrogen) atoms. The van der Waals surface area contributed by atoms with Crippen molar-refractivity contribution in [2.75, 3.05) is 12.4 Å². The number of benzene rings is 2. The van der Waals surface area contributed by atoms with Crippen LogP contribution in [0.4, 0.5) is 11.4 Å². The fourth-order valence-electron chi connectivity index (χ4n) is 3.77. The molecule has 152 valence electrons. The topological polar surface area (TPSA) is 87.5 Å². The lowest BCUT2D eigenvalue weighted by molar-refractivity contribution is -0.385. The molecule has 0 aromatic heterocycles. The molecular weight excluding hydrogens is 388 g/mol. The molecule has 1 amide bonds. The van der Waals surface area contributed by atoms with Gasteiger partial charge < -0.3 is 15.5 Å². The molecule has 2 N–H and O–H groups in total. The number of rotatable bonds is 5. The van der Waals surface area contributed by atoms with Crippen LogP contribution in [0.3, 0.4) is 0 Å². The zero-order chi connectivity index (χ0) is 21.0. The number of nitro groups is 1. The summed E-state index contributed by atoms with van der Waals surface area (Å²) in [6.07, 6.45) is 2.63. The lowest BCUT2D eigenvalue weighted by Gasteiger charge is -2.31. The molecule has 0 bridgehead atoms. The molecule has 2 atom stereocenters. The molecule has 1 saturated carbocycles. The molecule has 3 rings (SSSR count). The number of carbonyl (C=O) groups is 1. The molecule has 0 heterocycles. The maximum atomic E-state index is 13.0. The number of thiocarbonyl (C=S) groups is 1. The van der Waals surface area contributed by atoms with Crippen molar-refractivity contribution < 1.29 is 9.72 Å². The Morgan fingerprint density at radius 3 is 2.59 bits per heavy atom. The van der Waals surface area contributed by atoms with Gasteiger partial charge in [0.1, 0.15) is 5.56 Å². The van der Waals surface area contributed by atoms with E-state index in [2.05, 4.69) is 10.6 Å². The Morgan fingerprint density at radius 2 is 1.86 bits per heavy atom. The molecule has 1 aliphatic carbocycles. The van der Waals surface area contributed by atoms with E-state index >= 15 is 0 Å². The molecule has 0 spiro atoms. The second-order valence-electron chi connectivity index (χ2n) is 7.21. The summed E-state index contributed by atoms with van der Waals surface area (Å²) in [5.74, 6) is -0.353. The summed E-state index contributed by atoms with van der Waals surface area (Å²) < 4.78 is 0. The predicted octanol–water partition coefficient (Wildman–Crippen LogP) is 3.88. The van der Waals surface area contributed by atoms with Crippen LogP contribution in [0.5, 0.6) is 0 Å². The lowest BCUT2D eigenvalue weighted by Crippen LogP contribution is -2.50. The smallest absolute Gasteiger partial charge is 0.282 e. The van der Waals surface area contributed by atoms with Gasteiger partial charge in [0.25, 0.3) is 11.6 Å². The summed E-state index contributed by atoms with van der Waals surface area (Å²) in [5.41, 5.74) is 1.95. The lowest BCUT2D eigenvalue weighted by atomic mass is 10.1. The number of para-hydroxylation sites is 2. The van der Waals surface area contributed by atoms with E-state index in [0.29, 0.717) is 5.11 Å². The zero-order valence-electron chi connectivity index (χ0n) is 16.4. The van der Waals surface area contributed by atoms with E-state index in [1.165, 1.54) is 12.1 Å². The molecule has 7 nitrogen and oxygen atoms in total. The van der Waals surface area contributed by atoms with Crippen molar-refractivity contribution in [3.8, 4) is 0 Å². The monoisotopic (exact) mass is 412 g/mol. The van der Waals surface area contributed by atoms with E-state index in [1.54, 1.807) is 24.1 Å². The van der Waals surface area contributed by atoms with Crippen molar-refractivity contribution in [1.82, 2.24) is 10.2 Å². The number of nitrogens with one attached hydrogen (secondary N) is 2. The van der Waals surface area contributed by atoms with Crippen LogP contribution in [0.1, 0.15) is 35.2 Å². The van der Waals surface area contributed by atoms with Gasteiger partial charge in [-0.3, -0.25) is 14.9 Å². The normalized spacial score (nSPS) is 18.1. The molecule has 2 aromatic rings. The molecule has 2 unspecified atom stereocenters. The van der Waals surface area contributed by atoms with Gasteiger partial charge in [0.2, 0.25) is 0 Å². The summed E-state index contributed by atoms with van der Waals surface area (Å²) >= 11 is 5.47. The summed E-state index contributed by atoms with van der Waals surface area (Å²) in [7, 11) is 1.70. The van der Waals surface area contributed by atoms with Crippen molar-refractivity contribution in [2.45, 2.75) is 38.3 Å². The molecule has 0 radical (unpaired) electrons. The van der Waals surface area contributed by atoms with E-state index in [0.717, 1.165) is 30.5 Å². The number of hydrogen-bond donors (Lipinski definition) is 2. The highest BCUT2D eigenvalue weighted by atomic mass is 32.1. The minimum absolute atomic E-state index is 0.0178. The van der Waals surface area contributed by atoms with Crippen molar-refractivity contribution in [3.05, 3.63) is 69.8 Å². The van der Waals surface area contributed by atoms with Gasteiger partial charge in [0.15, 0.2) is 5.11 Å². The maximum absolute atomic E-state index is 13.0. The van der Waals surface area contributed by atoms with Gasteiger partial charge in [-0.25, -0.2) is 0 Å². The molecule has 0 saturated heterocycles. The molecule has 1 fully saturated rings. The average Bonchev–Trinajstić information content (AvgIpc) is 3.16. The number of carbonyl (C=O) groups excluding carboxylic acids is 1. The first-order valence-electron chi connectivity index (χ1n) is 9.52. The van der Waals surface area contributed by atoms with Crippen LogP contribution in [0, 0.1) is 17.0 Å². The van der Waals surface area contributed by atoms with Gasteiger partial charge in [-0.05, 0) is 56.1 Å². The van der Waals surface area contributed by atoms with Crippen molar-refractivity contribution in [2.24, 2.45) is 0 Å². The Labute approximate surface area is 175 Å². The third kappa shape index (κ3) is 4.71. The number of aryl methyl sites for hydroxylation is 1. The largest absolute Gasteiger partial charge is 0.358 e. The second kappa shape index (κ2) is 9.00. The molecule has 8 heteroatoms. The molecule has 2 aromatic carbocycles. The first-order chi connectivity index (χ1) is 13.9. The Hall–Kier alpha value is -3.00. The minimum Gasteiger partial charge on any atom is -0.358 e. The average molecular weight is 413 g/mol. The Balaban J connectivity index is 1.70. The van der Waals surface area contributed by atoms with Crippen LogP contribution in [-0.4, -0.2) is 40.0 Å². The summed E-state index contributed by atoms with van der Waals surface area (Å²) in [6, 6.07) is 13.8. The van der Waals surface area contributed by atoms with Gasteiger partial charge in [-0.1, -0.05) is 30.3 Å². The van der Waals surface area contributed by atoms with Crippen molar-refractivity contribution >= 4 is 34.6 Å². The van der Waals surface area contributed by atoms with Gasteiger partial charge >= 0.3 is 0 Å². The van der Waals surface area contributed by atoms with Crippen molar-refractivity contribution in [3.63, 3.8) is 0 Å². The van der Waals surface area contributed by atoms with Gasteiger partial charge in [-0.2, -0.15) is 0 Å². The quantitative estimate of drug-likeness (QED) is 0.440. The fraction of sp³-hybridized carbons (Fsp3) is 0.333. The Bertz CT molecular complexity index is 934. The first kappa shape index (κ1) is 20.7. The molecule has 1 aliphatic rings. The summed E-state index contributed by atoms with van der Waals surface area (Å²) in [4.78, 5) is 25.3. The zero-order valence-corrected chi connectivity index (χ0v) is 17.2. The Kier molecular flexibility index (Phi) is 6.43. The van der Waals surface area contributed by atoms with Crippen LogP contribution in [0.15, 0.2) is 48.5 Å². The third-order valence-electron chi connectivity index (χ3n) is 5.34. The van der Waals surface area contributed by atoms with Gasteiger partial charge in [-0.15, -0.1) is 0 Å². The van der Waals surface area contributed by atoms with Gasteiger partial charge in [0.05, 0.1) is 11.0 Å². The van der Waals surface area contributed by atoms with Crippen LogP contribution < -0.4 is 10.6 Å². The van der Waals surface area contributed by atoms with Crippen LogP contribution >= 0.6 is 12.2 Å². The number of amides is 1. The van der Waals surface area contributed by atoms with E-state index < -0.39 is 4.92 Å². The number of hydrogen-bond acceptors (Lipinski definition) is 4. The minimum atomic E-state index is -0.521. The van der Waals surface area contributed by atoms with Gasteiger partial charge in [0, 0.05) is 24.8 Å². The molecule has 0 aliphatic heterocycles. The number of nitro benzene ring substituents is 1. The summed E-state index contributed by atoms with van der Waals surface area (Å²) in [5, 5.41) is 18.3. The predicted molar refractivity (Wildman–Crippen MR) is 117 cm³/mol. The van der Waals surface area contributed by atoms with E-state index in [-0.39, 0.29) is 29.2 Å². The Morgan fingerprint density at radius 1 is 1.17 bits per heavy atom. The molecular formula is C21H24N4O3S. The first-order valence-corrected chi connectivity index (χ1v) is 9.93. The highest BCUT2D eigenvalue weighted by Gasteiger charge is 2.35. The van der Waals surface area contributed by atoms with E-state index in [9.17, 15) is 14.9 Å².